The first kappa shape index (κ1) is 15.9. The van der Waals surface area contributed by atoms with Gasteiger partial charge in [-0.1, -0.05) is 20.3 Å². The Morgan fingerprint density at radius 3 is 2.50 bits per heavy atom. The Bertz CT molecular complexity index is 362. The van der Waals surface area contributed by atoms with Gasteiger partial charge in [-0.3, -0.25) is 0 Å². The molecule has 0 spiro atoms. The van der Waals surface area contributed by atoms with E-state index in [0.717, 1.165) is 25.7 Å². The molecule has 0 aromatic heterocycles. The molecule has 0 aliphatic heterocycles. The van der Waals surface area contributed by atoms with Crippen molar-refractivity contribution in [1.82, 2.24) is 5.32 Å². The first-order chi connectivity index (χ1) is 8.12. The summed E-state index contributed by atoms with van der Waals surface area (Å²) in [7, 11) is -2.99. The molecule has 5 heteroatoms. The van der Waals surface area contributed by atoms with Gasteiger partial charge in [0.2, 0.25) is 0 Å². The molecule has 3 atom stereocenters. The standard InChI is InChI=1S/C13H27NO3S/c1-10(2)8-13(3,15)9-14-11-6-5-7-12(11)18(4,16)17/h10-12,14-15H,5-9H2,1-4H3. The van der Waals surface area contributed by atoms with E-state index in [0.29, 0.717) is 12.5 Å². The SMILES string of the molecule is CC(C)CC(C)(O)CNC1CCCC1S(C)(=O)=O. The lowest BCUT2D eigenvalue weighted by Crippen LogP contribution is -2.47. The molecule has 0 aromatic rings. The number of rotatable bonds is 6. The van der Waals surface area contributed by atoms with E-state index in [4.69, 9.17) is 0 Å². The van der Waals surface area contributed by atoms with E-state index in [-0.39, 0.29) is 11.3 Å². The summed E-state index contributed by atoms with van der Waals surface area (Å²) in [5.41, 5.74) is -0.765. The van der Waals surface area contributed by atoms with Crippen LogP contribution in [0.2, 0.25) is 0 Å². The summed E-state index contributed by atoms with van der Waals surface area (Å²) < 4.78 is 23.3. The van der Waals surface area contributed by atoms with Crippen molar-refractivity contribution in [3.05, 3.63) is 0 Å². The van der Waals surface area contributed by atoms with Crippen molar-refractivity contribution in [1.29, 1.82) is 0 Å². The second-order valence-corrected chi connectivity index (χ2v) is 8.65. The predicted molar refractivity (Wildman–Crippen MR) is 74.4 cm³/mol. The van der Waals surface area contributed by atoms with Gasteiger partial charge in [0, 0.05) is 18.8 Å². The smallest absolute Gasteiger partial charge is 0.151 e. The Morgan fingerprint density at radius 2 is 2.00 bits per heavy atom. The summed E-state index contributed by atoms with van der Waals surface area (Å²) in [6.45, 7) is 6.42. The zero-order valence-corrected chi connectivity index (χ0v) is 12.8. The van der Waals surface area contributed by atoms with Crippen molar-refractivity contribution in [2.24, 2.45) is 5.92 Å². The first-order valence-corrected chi connectivity index (χ1v) is 8.72. The van der Waals surface area contributed by atoms with Gasteiger partial charge in [0.15, 0.2) is 9.84 Å². The fraction of sp³-hybridized carbons (Fsp3) is 1.00. The lowest BCUT2D eigenvalue weighted by molar-refractivity contribution is 0.0361. The van der Waals surface area contributed by atoms with Crippen molar-refractivity contribution < 1.29 is 13.5 Å². The van der Waals surface area contributed by atoms with Gasteiger partial charge in [-0.2, -0.15) is 0 Å². The predicted octanol–water partition coefficient (Wildman–Crippen LogP) is 1.34. The van der Waals surface area contributed by atoms with Crippen LogP contribution in [0.3, 0.4) is 0 Å². The highest BCUT2D eigenvalue weighted by Crippen LogP contribution is 2.26. The minimum Gasteiger partial charge on any atom is -0.389 e. The van der Waals surface area contributed by atoms with Crippen molar-refractivity contribution >= 4 is 9.84 Å². The highest BCUT2D eigenvalue weighted by Gasteiger charge is 2.35. The van der Waals surface area contributed by atoms with Crippen molar-refractivity contribution in [2.75, 3.05) is 12.8 Å². The zero-order chi connectivity index (χ0) is 14.0. The van der Waals surface area contributed by atoms with Crippen LogP contribution in [0.1, 0.15) is 46.5 Å². The maximum absolute atomic E-state index is 11.6. The largest absolute Gasteiger partial charge is 0.389 e. The van der Waals surface area contributed by atoms with Crippen molar-refractivity contribution in [3.63, 3.8) is 0 Å². The van der Waals surface area contributed by atoms with Crippen LogP contribution in [0, 0.1) is 5.92 Å². The fourth-order valence-corrected chi connectivity index (χ4v) is 4.40. The molecule has 0 heterocycles. The maximum Gasteiger partial charge on any atom is 0.151 e. The van der Waals surface area contributed by atoms with E-state index < -0.39 is 15.4 Å². The molecule has 1 aliphatic rings. The van der Waals surface area contributed by atoms with Crippen molar-refractivity contribution in [3.8, 4) is 0 Å². The Hall–Kier alpha value is -0.130. The normalized spacial score (nSPS) is 28.6. The van der Waals surface area contributed by atoms with E-state index in [9.17, 15) is 13.5 Å². The van der Waals surface area contributed by atoms with E-state index in [2.05, 4.69) is 19.2 Å². The van der Waals surface area contributed by atoms with Gasteiger partial charge in [0.1, 0.15) is 0 Å². The van der Waals surface area contributed by atoms with E-state index in [1.807, 2.05) is 6.92 Å². The molecule has 2 N–H and O–H groups in total. The summed E-state index contributed by atoms with van der Waals surface area (Å²) >= 11 is 0. The van der Waals surface area contributed by atoms with E-state index in [1.54, 1.807) is 0 Å². The Labute approximate surface area is 111 Å². The molecule has 1 saturated carbocycles. The van der Waals surface area contributed by atoms with Gasteiger partial charge in [0.05, 0.1) is 10.9 Å². The number of nitrogens with one attached hydrogen (secondary N) is 1. The third-order valence-electron chi connectivity index (χ3n) is 3.60. The second kappa shape index (κ2) is 5.88. The summed E-state index contributed by atoms with van der Waals surface area (Å²) in [5.74, 6) is 0.427. The lowest BCUT2D eigenvalue weighted by Gasteiger charge is -2.29. The molecule has 1 fully saturated rings. The summed E-state index contributed by atoms with van der Waals surface area (Å²) in [6, 6.07) is -0.00126. The summed E-state index contributed by atoms with van der Waals surface area (Å²) in [5, 5.41) is 13.2. The fourth-order valence-electron chi connectivity index (χ4n) is 2.97. The van der Waals surface area contributed by atoms with Crippen LogP contribution >= 0.6 is 0 Å². The van der Waals surface area contributed by atoms with Gasteiger partial charge in [-0.25, -0.2) is 8.42 Å². The summed E-state index contributed by atoms with van der Waals surface area (Å²) in [6.07, 6.45) is 4.60. The minimum absolute atomic E-state index is 0.00126. The average Bonchev–Trinajstić information content (AvgIpc) is 2.59. The van der Waals surface area contributed by atoms with Crippen molar-refractivity contribution in [2.45, 2.75) is 63.3 Å². The topological polar surface area (TPSA) is 66.4 Å². The molecule has 4 nitrogen and oxygen atoms in total. The number of sulfone groups is 1. The molecule has 1 aliphatic carbocycles. The molecule has 0 bridgehead atoms. The van der Waals surface area contributed by atoms with Gasteiger partial charge in [0.25, 0.3) is 0 Å². The quantitative estimate of drug-likeness (QED) is 0.769. The highest BCUT2D eigenvalue weighted by molar-refractivity contribution is 7.91. The third kappa shape index (κ3) is 4.86. The molecule has 0 amide bonds. The second-order valence-electron chi connectivity index (χ2n) is 6.38. The zero-order valence-electron chi connectivity index (χ0n) is 11.9. The Balaban J connectivity index is 2.53. The van der Waals surface area contributed by atoms with E-state index in [1.165, 1.54) is 6.26 Å². The first-order valence-electron chi connectivity index (χ1n) is 6.76. The molecule has 0 saturated heterocycles. The maximum atomic E-state index is 11.6. The molecular formula is C13H27NO3S. The van der Waals surface area contributed by atoms with Gasteiger partial charge < -0.3 is 10.4 Å². The molecule has 0 radical (unpaired) electrons. The van der Waals surface area contributed by atoms with Crippen LogP contribution in [-0.2, 0) is 9.84 Å². The van der Waals surface area contributed by atoms with Crippen LogP contribution in [0.4, 0.5) is 0 Å². The van der Waals surface area contributed by atoms with Crippen LogP contribution < -0.4 is 5.32 Å². The number of hydrogen-bond donors (Lipinski definition) is 2. The van der Waals surface area contributed by atoms with Crippen LogP contribution in [0.15, 0.2) is 0 Å². The summed E-state index contributed by atoms with van der Waals surface area (Å²) in [4.78, 5) is 0. The molecule has 0 aromatic carbocycles. The third-order valence-corrected chi connectivity index (χ3v) is 5.26. The Kier molecular flexibility index (Phi) is 5.21. The van der Waals surface area contributed by atoms with E-state index >= 15 is 0 Å². The van der Waals surface area contributed by atoms with Gasteiger partial charge in [-0.15, -0.1) is 0 Å². The van der Waals surface area contributed by atoms with Crippen LogP contribution in [0.25, 0.3) is 0 Å². The van der Waals surface area contributed by atoms with Gasteiger partial charge >= 0.3 is 0 Å². The monoisotopic (exact) mass is 277 g/mol. The Morgan fingerprint density at radius 1 is 1.39 bits per heavy atom. The van der Waals surface area contributed by atoms with Gasteiger partial charge in [-0.05, 0) is 32.1 Å². The van der Waals surface area contributed by atoms with Crippen LogP contribution in [0.5, 0.6) is 0 Å². The molecule has 108 valence electrons. The molecular weight excluding hydrogens is 250 g/mol. The molecule has 18 heavy (non-hydrogen) atoms. The lowest BCUT2D eigenvalue weighted by atomic mass is 9.94. The highest BCUT2D eigenvalue weighted by atomic mass is 32.2. The number of hydrogen-bond acceptors (Lipinski definition) is 4. The molecule has 3 unspecified atom stereocenters. The molecule has 1 rings (SSSR count). The number of aliphatic hydroxyl groups is 1. The minimum atomic E-state index is -2.99. The average molecular weight is 277 g/mol. The van der Waals surface area contributed by atoms with Crippen LogP contribution in [-0.4, -0.2) is 43.2 Å².